The number of aromatic nitrogens is 1. The number of carbonyl (C=O) groups excluding carboxylic acids is 2. The number of esters is 1. The van der Waals surface area contributed by atoms with Gasteiger partial charge in [0.25, 0.3) is 0 Å². The summed E-state index contributed by atoms with van der Waals surface area (Å²) in [6.45, 7) is 4.91. The normalized spacial score (nSPS) is 9.95. The zero-order valence-electron chi connectivity index (χ0n) is 12.0. The Kier molecular flexibility index (Phi) is 5.76. The fourth-order valence-corrected chi connectivity index (χ4v) is 1.75. The topological polar surface area (TPSA) is 97.5 Å². The zero-order valence-corrected chi connectivity index (χ0v) is 12.0. The highest BCUT2D eigenvalue weighted by atomic mass is 16.5. The number of nitrogens with zero attached hydrogens (tertiary/aromatic N) is 2. The SMILES string of the molecule is CCNC(=O)CN(CC)c1ncc(N)cc1C(=O)OC. The third kappa shape index (κ3) is 3.84. The van der Waals surface area contributed by atoms with Crippen molar-refractivity contribution in [2.45, 2.75) is 13.8 Å². The molecule has 1 heterocycles. The molecule has 7 heteroatoms. The molecule has 0 spiro atoms. The van der Waals surface area contributed by atoms with Crippen LogP contribution in [0, 0.1) is 0 Å². The molecule has 1 amide bonds. The number of carbonyl (C=O) groups is 2. The largest absolute Gasteiger partial charge is 0.465 e. The van der Waals surface area contributed by atoms with E-state index in [1.165, 1.54) is 19.4 Å². The van der Waals surface area contributed by atoms with Crippen LogP contribution in [0.1, 0.15) is 24.2 Å². The molecule has 110 valence electrons. The summed E-state index contributed by atoms with van der Waals surface area (Å²) in [4.78, 5) is 29.3. The Balaban J connectivity index is 3.08. The number of nitrogens with one attached hydrogen (secondary N) is 1. The van der Waals surface area contributed by atoms with Crippen LogP contribution in [0.5, 0.6) is 0 Å². The van der Waals surface area contributed by atoms with Crippen LogP contribution < -0.4 is 16.0 Å². The predicted octanol–water partition coefficient (Wildman–Crippen LogP) is 0.413. The first-order chi connectivity index (χ1) is 9.53. The third-order valence-corrected chi connectivity index (χ3v) is 2.68. The Morgan fingerprint density at radius 1 is 1.45 bits per heavy atom. The van der Waals surface area contributed by atoms with Gasteiger partial charge in [0, 0.05) is 13.1 Å². The van der Waals surface area contributed by atoms with E-state index in [0.29, 0.717) is 24.6 Å². The number of rotatable bonds is 6. The second kappa shape index (κ2) is 7.32. The molecule has 3 N–H and O–H groups in total. The van der Waals surface area contributed by atoms with E-state index in [2.05, 4.69) is 10.3 Å². The summed E-state index contributed by atoms with van der Waals surface area (Å²) < 4.78 is 4.72. The standard InChI is InChI=1S/C13H20N4O3/c1-4-15-11(18)8-17(5-2)12-10(13(19)20-3)6-9(14)7-16-12/h6-7H,4-5,8,14H2,1-3H3,(H,15,18). The van der Waals surface area contributed by atoms with Gasteiger partial charge in [0.2, 0.25) is 5.91 Å². The van der Waals surface area contributed by atoms with Crippen LogP contribution >= 0.6 is 0 Å². The maximum Gasteiger partial charge on any atom is 0.341 e. The lowest BCUT2D eigenvalue weighted by Crippen LogP contribution is -2.38. The first-order valence-electron chi connectivity index (χ1n) is 6.38. The van der Waals surface area contributed by atoms with Crippen molar-refractivity contribution < 1.29 is 14.3 Å². The van der Waals surface area contributed by atoms with Crippen molar-refractivity contribution in [1.82, 2.24) is 10.3 Å². The van der Waals surface area contributed by atoms with Gasteiger partial charge >= 0.3 is 5.97 Å². The summed E-state index contributed by atoms with van der Waals surface area (Å²) in [6.07, 6.45) is 1.45. The van der Waals surface area contributed by atoms with Gasteiger partial charge in [-0.05, 0) is 19.9 Å². The van der Waals surface area contributed by atoms with Crippen molar-refractivity contribution in [3.05, 3.63) is 17.8 Å². The van der Waals surface area contributed by atoms with Crippen LogP contribution in [-0.2, 0) is 9.53 Å². The van der Waals surface area contributed by atoms with Gasteiger partial charge in [0.15, 0.2) is 0 Å². The van der Waals surface area contributed by atoms with Crippen molar-refractivity contribution in [1.29, 1.82) is 0 Å². The highest BCUT2D eigenvalue weighted by Crippen LogP contribution is 2.20. The van der Waals surface area contributed by atoms with E-state index in [0.717, 1.165) is 0 Å². The predicted molar refractivity (Wildman–Crippen MR) is 76.6 cm³/mol. The van der Waals surface area contributed by atoms with Crippen LogP contribution in [0.2, 0.25) is 0 Å². The van der Waals surface area contributed by atoms with Gasteiger partial charge in [-0.3, -0.25) is 4.79 Å². The number of nitrogen functional groups attached to an aromatic ring is 1. The molecule has 0 aliphatic heterocycles. The first-order valence-corrected chi connectivity index (χ1v) is 6.38. The molecule has 0 aliphatic rings. The average Bonchev–Trinajstić information content (AvgIpc) is 2.44. The summed E-state index contributed by atoms with van der Waals surface area (Å²) >= 11 is 0. The molecule has 1 aromatic rings. The maximum absolute atomic E-state index is 11.8. The van der Waals surface area contributed by atoms with Gasteiger partial charge in [-0.1, -0.05) is 0 Å². The molecule has 1 aromatic heterocycles. The lowest BCUT2D eigenvalue weighted by Gasteiger charge is -2.23. The first kappa shape index (κ1) is 15.7. The lowest BCUT2D eigenvalue weighted by molar-refractivity contribution is -0.119. The second-order valence-corrected chi connectivity index (χ2v) is 4.10. The van der Waals surface area contributed by atoms with Crippen LogP contribution in [-0.4, -0.2) is 43.6 Å². The van der Waals surface area contributed by atoms with Gasteiger partial charge in [0.1, 0.15) is 11.4 Å². The smallest absolute Gasteiger partial charge is 0.341 e. The van der Waals surface area contributed by atoms with Gasteiger partial charge < -0.3 is 20.7 Å². The summed E-state index contributed by atoms with van der Waals surface area (Å²) in [5.41, 5.74) is 6.26. The molecule has 0 radical (unpaired) electrons. The Hall–Kier alpha value is -2.31. The molecule has 0 atom stereocenters. The molecule has 0 saturated heterocycles. The molecule has 0 aromatic carbocycles. The summed E-state index contributed by atoms with van der Waals surface area (Å²) in [5, 5.41) is 2.70. The van der Waals surface area contributed by atoms with Crippen molar-refractivity contribution in [2.24, 2.45) is 0 Å². The van der Waals surface area contributed by atoms with E-state index in [-0.39, 0.29) is 18.0 Å². The quantitative estimate of drug-likeness (QED) is 0.733. The minimum absolute atomic E-state index is 0.116. The van der Waals surface area contributed by atoms with E-state index in [4.69, 9.17) is 10.5 Å². The summed E-state index contributed by atoms with van der Waals surface area (Å²) in [6, 6.07) is 1.49. The fourth-order valence-electron chi connectivity index (χ4n) is 1.75. The third-order valence-electron chi connectivity index (χ3n) is 2.68. The number of anilines is 2. The fraction of sp³-hybridized carbons (Fsp3) is 0.462. The number of pyridine rings is 1. The molecule has 1 rings (SSSR count). The average molecular weight is 280 g/mol. The number of ether oxygens (including phenoxy) is 1. The van der Waals surface area contributed by atoms with Crippen molar-refractivity contribution in [2.75, 3.05) is 37.4 Å². The Labute approximate surface area is 118 Å². The highest BCUT2D eigenvalue weighted by Gasteiger charge is 2.20. The Bertz CT molecular complexity index is 491. The maximum atomic E-state index is 11.8. The Morgan fingerprint density at radius 2 is 2.15 bits per heavy atom. The van der Waals surface area contributed by atoms with Crippen LogP contribution in [0.25, 0.3) is 0 Å². The minimum atomic E-state index is -0.533. The summed E-state index contributed by atoms with van der Waals surface area (Å²) in [5.74, 6) is -0.280. The molecule has 7 nitrogen and oxygen atoms in total. The van der Waals surface area contributed by atoms with Gasteiger partial charge in [-0.25, -0.2) is 9.78 Å². The van der Waals surface area contributed by atoms with E-state index in [1.54, 1.807) is 4.90 Å². The van der Waals surface area contributed by atoms with E-state index in [1.807, 2.05) is 13.8 Å². The van der Waals surface area contributed by atoms with E-state index < -0.39 is 5.97 Å². The van der Waals surface area contributed by atoms with Gasteiger partial charge in [-0.2, -0.15) is 0 Å². The number of hydrogen-bond acceptors (Lipinski definition) is 6. The molecule has 0 fully saturated rings. The van der Waals surface area contributed by atoms with Crippen molar-refractivity contribution >= 4 is 23.4 Å². The molecular weight excluding hydrogens is 260 g/mol. The van der Waals surface area contributed by atoms with E-state index in [9.17, 15) is 9.59 Å². The number of hydrogen-bond donors (Lipinski definition) is 2. The number of amides is 1. The number of nitrogens with two attached hydrogens (primary N) is 1. The molecule has 0 unspecified atom stereocenters. The monoisotopic (exact) mass is 280 g/mol. The van der Waals surface area contributed by atoms with Crippen molar-refractivity contribution in [3.63, 3.8) is 0 Å². The molecule has 0 aliphatic carbocycles. The minimum Gasteiger partial charge on any atom is -0.465 e. The lowest BCUT2D eigenvalue weighted by atomic mass is 10.2. The van der Waals surface area contributed by atoms with Gasteiger partial charge in [0.05, 0.1) is 25.5 Å². The molecule has 0 bridgehead atoms. The van der Waals surface area contributed by atoms with Crippen LogP contribution in [0.4, 0.5) is 11.5 Å². The Morgan fingerprint density at radius 3 is 2.70 bits per heavy atom. The van der Waals surface area contributed by atoms with Crippen LogP contribution in [0.3, 0.4) is 0 Å². The summed E-state index contributed by atoms with van der Waals surface area (Å²) in [7, 11) is 1.29. The van der Waals surface area contributed by atoms with E-state index >= 15 is 0 Å². The van der Waals surface area contributed by atoms with Crippen molar-refractivity contribution in [3.8, 4) is 0 Å². The highest BCUT2D eigenvalue weighted by molar-refractivity contribution is 5.96. The molecule has 20 heavy (non-hydrogen) atoms. The number of methoxy groups -OCH3 is 1. The van der Waals surface area contributed by atoms with Gasteiger partial charge in [-0.15, -0.1) is 0 Å². The number of likely N-dealkylation sites (N-methyl/N-ethyl adjacent to an activating group) is 2. The zero-order chi connectivity index (χ0) is 15.1. The molecular formula is C13H20N4O3. The second-order valence-electron chi connectivity index (χ2n) is 4.10. The molecule has 0 saturated carbocycles. The van der Waals surface area contributed by atoms with Crippen LogP contribution in [0.15, 0.2) is 12.3 Å².